The van der Waals surface area contributed by atoms with Gasteiger partial charge in [0.2, 0.25) is 11.8 Å². The van der Waals surface area contributed by atoms with Crippen LogP contribution in [-0.4, -0.2) is 66.8 Å². The van der Waals surface area contributed by atoms with Gasteiger partial charge >= 0.3 is 0 Å². The standard InChI is InChI=1S/C22H27N3O2S/c1-23(2)14-20(26)25-15-22(16-25,12-17-6-4-3-5-7-17)21(27)24-10-8-19-18(13-24)9-11-28-19/h3-7,9,11H,8,10,12-16H2,1-2H3. The van der Waals surface area contributed by atoms with Crippen molar-refractivity contribution in [2.45, 2.75) is 19.4 Å². The van der Waals surface area contributed by atoms with E-state index in [9.17, 15) is 9.59 Å². The maximum atomic E-state index is 13.6. The molecule has 1 saturated heterocycles. The molecule has 2 aliphatic heterocycles. The number of hydrogen-bond acceptors (Lipinski definition) is 4. The fourth-order valence-electron chi connectivity index (χ4n) is 4.30. The van der Waals surface area contributed by atoms with Gasteiger partial charge in [-0.2, -0.15) is 0 Å². The van der Waals surface area contributed by atoms with Crippen LogP contribution in [0.4, 0.5) is 0 Å². The van der Waals surface area contributed by atoms with Gasteiger partial charge in [-0.25, -0.2) is 0 Å². The van der Waals surface area contributed by atoms with Crippen molar-refractivity contribution < 1.29 is 9.59 Å². The van der Waals surface area contributed by atoms with Crippen molar-refractivity contribution in [3.05, 3.63) is 57.8 Å². The van der Waals surface area contributed by atoms with E-state index in [4.69, 9.17) is 0 Å². The van der Waals surface area contributed by atoms with E-state index in [0.29, 0.717) is 32.6 Å². The van der Waals surface area contributed by atoms with Crippen molar-refractivity contribution in [2.75, 3.05) is 40.3 Å². The molecule has 4 rings (SSSR count). The molecular weight excluding hydrogens is 370 g/mol. The first-order valence-electron chi connectivity index (χ1n) is 9.78. The van der Waals surface area contributed by atoms with E-state index < -0.39 is 5.41 Å². The van der Waals surface area contributed by atoms with Crippen LogP contribution in [-0.2, 0) is 29.0 Å². The second kappa shape index (κ2) is 7.68. The third-order valence-corrected chi connectivity index (χ3v) is 6.75. The molecule has 1 aromatic heterocycles. The first-order chi connectivity index (χ1) is 13.5. The lowest BCUT2D eigenvalue weighted by molar-refractivity contribution is -0.161. The Bertz CT molecular complexity index is 856. The van der Waals surface area contributed by atoms with Crippen LogP contribution < -0.4 is 0 Å². The molecule has 1 fully saturated rings. The third-order valence-electron chi connectivity index (χ3n) is 5.73. The number of carbonyl (C=O) groups is 2. The minimum Gasteiger partial charge on any atom is -0.339 e. The number of likely N-dealkylation sites (N-methyl/N-ethyl adjacent to an activating group) is 1. The second-order valence-corrected chi connectivity index (χ2v) is 9.28. The number of nitrogens with zero attached hydrogens (tertiary/aromatic N) is 3. The molecule has 0 radical (unpaired) electrons. The minimum absolute atomic E-state index is 0.0975. The van der Waals surface area contributed by atoms with Gasteiger partial charge in [-0.05, 0) is 49.5 Å². The van der Waals surface area contributed by atoms with Crippen molar-refractivity contribution in [1.29, 1.82) is 0 Å². The number of hydrogen-bond donors (Lipinski definition) is 0. The highest BCUT2D eigenvalue weighted by Crippen LogP contribution is 2.38. The predicted molar refractivity (Wildman–Crippen MR) is 111 cm³/mol. The number of likely N-dealkylation sites (tertiary alicyclic amines) is 1. The molecule has 5 nitrogen and oxygen atoms in total. The molecule has 0 aliphatic carbocycles. The average molecular weight is 398 g/mol. The Morgan fingerprint density at radius 1 is 1.11 bits per heavy atom. The summed E-state index contributed by atoms with van der Waals surface area (Å²) in [6, 6.07) is 12.3. The van der Waals surface area contributed by atoms with E-state index in [2.05, 4.69) is 23.6 Å². The van der Waals surface area contributed by atoms with Crippen LogP contribution in [0.1, 0.15) is 16.0 Å². The number of benzene rings is 1. The van der Waals surface area contributed by atoms with Crippen LogP contribution >= 0.6 is 11.3 Å². The molecule has 0 saturated carbocycles. The summed E-state index contributed by atoms with van der Waals surface area (Å²) in [6.07, 6.45) is 1.62. The average Bonchev–Trinajstić information content (AvgIpc) is 3.11. The van der Waals surface area contributed by atoms with Crippen molar-refractivity contribution in [1.82, 2.24) is 14.7 Å². The van der Waals surface area contributed by atoms with Crippen molar-refractivity contribution in [3.8, 4) is 0 Å². The van der Waals surface area contributed by atoms with Crippen LogP contribution in [0.15, 0.2) is 41.8 Å². The Balaban J connectivity index is 1.52. The summed E-state index contributed by atoms with van der Waals surface area (Å²) in [5.74, 6) is 0.294. The molecule has 2 aliphatic rings. The lowest BCUT2D eigenvalue weighted by Crippen LogP contribution is -2.67. The van der Waals surface area contributed by atoms with Gasteiger partial charge < -0.3 is 14.7 Å². The summed E-state index contributed by atoms with van der Waals surface area (Å²) in [4.78, 5) is 33.2. The first-order valence-corrected chi connectivity index (χ1v) is 10.7. The molecule has 28 heavy (non-hydrogen) atoms. The Morgan fingerprint density at radius 3 is 2.57 bits per heavy atom. The highest BCUT2D eigenvalue weighted by atomic mass is 32.1. The minimum atomic E-state index is -0.503. The zero-order valence-corrected chi connectivity index (χ0v) is 17.4. The monoisotopic (exact) mass is 397 g/mol. The topological polar surface area (TPSA) is 43.9 Å². The smallest absolute Gasteiger partial charge is 0.236 e. The molecular formula is C22H27N3O2S. The van der Waals surface area contributed by atoms with Crippen molar-refractivity contribution >= 4 is 23.2 Å². The molecule has 148 valence electrons. The molecule has 1 aromatic carbocycles. The van der Waals surface area contributed by atoms with Crippen LogP contribution in [0.25, 0.3) is 0 Å². The molecule has 3 heterocycles. The summed E-state index contributed by atoms with van der Waals surface area (Å²) in [5.41, 5.74) is 1.93. The number of amides is 2. The van der Waals surface area contributed by atoms with Gasteiger partial charge in [0.05, 0.1) is 12.0 Å². The van der Waals surface area contributed by atoms with E-state index in [-0.39, 0.29) is 11.8 Å². The highest BCUT2D eigenvalue weighted by molar-refractivity contribution is 7.10. The van der Waals surface area contributed by atoms with Gasteiger partial charge in [-0.15, -0.1) is 11.3 Å². The Kier molecular flexibility index (Phi) is 5.25. The lowest BCUT2D eigenvalue weighted by atomic mass is 9.73. The normalized spacial score (nSPS) is 18.0. The number of fused-ring (bicyclic) bond motifs is 1. The molecule has 0 spiro atoms. The molecule has 0 bridgehead atoms. The predicted octanol–water partition coefficient (Wildman–Crippen LogP) is 2.27. The summed E-state index contributed by atoms with van der Waals surface area (Å²) >= 11 is 1.78. The molecule has 6 heteroatoms. The van der Waals surface area contributed by atoms with Gasteiger partial charge in [0, 0.05) is 31.1 Å². The zero-order chi connectivity index (χ0) is 19.7. The Morgan fingerprint density at radius 2 is 1.86 bits per heavy atom. The number of thiophene rings is 1. The fourth-order valence-corrected chi connectivity index (χ4v) is 5.19. The fraction of sp³-hybridized carbons (Fsp3) is 0.455. The van der Waals surface area contributed by atoms with Crippen molar-refractivity contribution in [2.24, 2.45) is 5.41 Å². The van der Waals surface area contributed by atoms with Crippen LogP contribution in [0.3, 0.4) is 0 Å². The number of rotatable bonds is 5. The van der Waals surface area contributed by atoms with E-state index in [0.717, 1.165) is 18.5 Å². The van der Waals surface area contributed by atoms with Crippen LogP contribution in [0.2, 0.25) is 0 Å². The molecule has 0 unspecified atom stereocenters. The van der Waals surface area contributed by atoms with Gasteiger partial charge in [0.25, 0.3) is 0 Å². The second-order valence-electron chi connectivity index (χ2n) is 8.28. The zero-order valence-electron chi connectivity index (χ0n) is 16.6. The van der Waals surface area contributed by atoms with Gasteiger partial charge in [0.15, 0.2) is 0 Å². The SMILES string of the molecule is CN(C)CC(=O)N1CC(Cc2ccccc2)(C(=O)N2CCc3sccc3C2)C1. The van der Waals surface area contributed by atoms with Gasteiger partial charge in [-0.3, -0.25) is 9.59 Å². The quantitative estimate of drug-likeness (QED) is 0.777. The Labute approximate surface area is 170 Å². The first kappa shape index (κ1) is 19.2. The molecule has 0 atom stereocenters. The molecule has 0 N–H and O–H groups in total. The summed E-state index contributed by atoms with van der Waals surface area (Å²) in [6.45, 7) is 2.88. The third kappa shape index (κ3) is 3.71. The van der Waals surface area contributed by atoms with E-state index in [1.165, 1.54) is 10.4 Å². The van der Waals surface area contributed by atoms with Gasteiger partial charge in [-0.1, -0.05) is 30.3 Å². The van der Waals surface area contributed by atoms with E-state index in [1.54, 1.807) is 11.3 Å². The van der Waals surface area contributed by atoms with Crippen LogP contribution in [0, 0.1) is 5.41 Å². The molecule has 2 aromatic rings. The highest BCUT2D eigenvalue weighted by Gasteiger charge is 2.52. The van der Waals surface area contributed by atoms with Crippen molar-refractivity contribution in [3.63, 3.8) is 0 Å². The maximum Gasteiger partial charge on any atom is 0.236 e. The summed E-state index contributed by atoms with van der Waals surface area (Å²) < 4.78 is 0. The van der Waals surface area contributed by atoms with E-state index in [1.807, 2.05) is 47.0 Å². The number of carbonyl (C=O) groups excluding carboxylic acids is 2. The largest absolute Gasteiger partial charge is 0.339 e. The molecule has 2 amide bonds. The maximum absolute atomic E-state index is 13.6. The lowest BCUT2D eigenvalue weighted by Gasteiger charge is -2.51. The van der Waals surface area contributed by atoms with Gasteiger partial charge in [0.1, 0.15) is 0 Å². The van der Waals surface area contributed by atoms with E-state index >= 15 is 0 Å². The summed E-state index contributed by atoms with van der Waals surface area (Å²) in [5, 5.41) is 2.11. The Hall–Kier alpha value is -2.18. The summed E-state index contributed by atoms with van der Waals surface area (Å²) in [7, 11) is 3.79. The van der Waals surface area contributed by atoms with Crippen LogP contribution in [0.5, 0.6) is 0 Å².